The smallest absolute Gasteiger partial charge is 0.269 e. The lowest BCUT2D eigenvalue weighted by Crippen LogP contribution is -2.40. The normalized spacial score (nSPS) is 16.2. The fraction of sp³-hybridized carbons (Fsp3) is 0.211. The first-order valence-electron chi connectivity index (χ1n) is 7.97. The molecule has 0 saturated carbocycles. The topological polar surface area (TPSA) is 89.5 Å². The van der Waals surface area contributed by atoms with Gasteiger partial charge < -0.3 is 10.6 Å². The van der Waals surface area contributed by atoms with Gasteiger partial charge in [0, 0.05) is 35.5 Å². The highest BCUT2D eigenvalue weighted by Gasteiger charge is 2.28. The summed E-state index contributed by atoms with van der Waals surface area (Å²) in [6.07, 6.45) is 1.74. The molecular weight excluding hydrogens is 318 g/mol. The SMILES string of the molecule is NC(=O)[C@H]1CCCN1c1ccc(C#Cc2ccc([N+](=O)[O-])cc2)cc1. The van der Waals surface area contributed by atoms with E-state index in [0.717, 1.165) is 30.6 Å². The molecule has 0 aliphatic carbocycles. The molecule has 0 unspecified atom stereocenters. The lowest BCUT2D eigenvalue weighted by Gasteiger charge is -2.24. The summed E-state index contributed by atoms with van der Waals surface area (Å²) in [4.78, 5) is 23.7. The lowest BCUT2D eigenvalue weighted by molar-refractivity contribution is -0.384. The minimum atomic E-state index is -0.437. The van der Waals surface area contributed by atoms with Crippen LogP contribution in [0.5, 0.6) is 0 Å². The summed E-state index contributed by atoms with van der Waals surface area (Å²) in [6.45, 7) is 0.821. The van der Waals surface area contributed by atoms with E-state index in [1.165, 1.54) is 12.1 Å². The van der Waals surface area contributed by atoms with Crippen molar-refractivity contribution >= 4 is 17.3 Å². The van der Waals surface area contributed by atoms with Crippen LogP contribution in [0.2, 0.25) is 0 Å². The fourth-order valence-corrected chi connectivity index (χ4v) is 2.92. The molecule has 1 heterocycles. The monoisotopic (exact) mass is 335 g/mol. The highest BCUT2D eigenvalue weighted by molar-refractivity contribution is 5.84. The number of anilines is 1. The van der Waals surface area contributed by atoms with Crippen molar-refractivity contribution in [2.24, 2.45) is 5.73 Å². The molecule has 0 aromatic heterocycles. The maximum absolute atomic E-state index is 11.5. The average molecular weight is 335 g/mol. The number of benzene rings is 2. The fourth-order valence-electron chi connectivity index (χ4n) is 2.92. The van der Waals surface area contributed by atoms with Gasteiger partial charge in [-0.1, -0.05) is 11.8 Å². The molecular formula is C19H17N3O3. The van der Waals surface area contributed by atoms with Crippen molar-refractivity contribution in [1.82, 2.24) is 0 Å². The molecule has 0 bridgehead atoms. The summed E-state index contributed by atoms with van der Waals surface area (Å²) in [5.74, 6) is 5.72. The number of hydrogen-bond acceptors (Lipinski definition) is 4. The van der Waals surface area contributed by atoms with Crippen molar-refractivity contribution in [1.29, 1.82) is 0 Å². The third kappa shape index (κ3) is 3.78. The molecule has 2 aromatic carbocycles. The largest absolute Gasteiger partial charge is 0.368 e. The molecule has 126 valence electrons. The van der Waals surface area contributed by atoms with E-state index in [2.05, 4.69) is 11.8 Å². The molecule has 1 atom stereocenters. The Morgan fingerprint density at radius 3 is 2.16 bits per heavy atom. The Bertz CT molecular complexity index is 848. The van der Waals surface area contributed by atoms with Gasteiger partial charge >= 0.3 is 0 Å². The van der Waals surface area contributed by atoms with Crippen LogP contribution in [0.3, 0.4) is 0 Å². The van der Waals surface area contributed by atoms with E-state index in [-0.39, 0.29) is 17.6 Å². The van der Waals surface area contributed by atoms with Gasteiger partial charge in [0.2, 0.25) is 5.91 Å². The number of amides is 1. The van der Waals surface area contributed by atoms with Gasteiger partial charge in [-0.25, -0.2) is 0 Å². The average Bonchev–Trinajstić information content (AvgIpc) is 3.11. The van der Waals surface area contributed by atoms with Crippen LogP contribution in [0, 0.1) is 22.0 Å². The van der Waals surface area contributed by atoms with Crippen LogP contribution in [0.15, 0.2) is 48.5 Å². The maximum atomic E-state index is 11.5. The molecule has 6 heteroatoms. The van der Waals surface area contributed by atoms with E-state index in [9.17, 15) is 14.9 Å². The second-order valence-corrected chi connectivity index (χ2v) is 5.85. The number of hydrogen-bond donors (Lipinski definition) is 1. The first-order chi connectivity index (χ1) is 12.0. The van der Waals surface area contributed by atoms with Crippen LogP contribution in [0.1, 0.15) is 24.0 Å². The van der Waals surface area contributed by atoms with Crippen LogP contribution >= 0.6 is 0 Å². The minimum Gasteiger partial charge on any atom is -0.368 e. The minimum absolute atomic E-state index is 0.0459. The number of non-ortho nitro benzene ring substituents is 1. The molecule has 2 aromatic rings. The quantitative estimate of drug-likeness (QED) is 0.530. The Kier molecular flexibility index (Phi) is 4.66. The number of rotatable bonds is 3. The van der Waals surface area contributed by atoms with Gasteiger partial charge in [0.15, 0.2) is 0 Å². The van der Waals surface area contributed by atoms with Gasteiger partial charge in [0.1, 0.15) is 6.04 Å². The van der Waals surface area contributed by atoms with E-state index in [0.29, 0.717) is 5.56 Å². The van der Waals surface area contributed by atoms with Crippen molar-refractivity contribution in [2.45, 2.75) is 18.9 Å². The van der Waals surface area contributed by atoms with Crippen LogP contribution in [0.4, 0.5) is 11.4 Å². The Hall–Kier alpha value is -3.33. The van der Waals surface area contributed by atoms with Gasteiger partial charge in [-0.3, -0.25) is 14.9 Å². The summed E-state index contributed by atoms with van der Waals surface area (Å²) in [6, 6.07) is 13.5. The van der Waals surface area contributed by atoms with Gasteiger partial charge in [-0.2, -0.15) is 0 Å². The lowest BCUT2D eigenvalue weighted by atomic mass is 10.1. The van der Waals surface area contributed by atoms with Gasteiger partial charge in [-0.15, -0.1) is 0 Å². The van der Waals surface area contributed by atoms with E-state index >= 15 is 0 Å². The molecule has 1 aliphatic rings. The van der Waals surface area contributed by atoms with Crippen LogP contribution < -0.4 is 10.6 Å². The molecule has 1 aliphatic heterocycles. The molecule has 1 fully saturated rings. The second-order valence-electron chi connectivity index (χ2n) is 5.85. The van der Waals surface area contributed by atoms with Crippen molar-refractivity contribution in [2.75, 3.05) is 11.4 Å². The standard InChI is InChI=1S/C19H17N3O3/c20-19(23)18-2-1-13-21(18)16-9-5-14(6-10-16)3-4-15-7-11-17(12-8-15)22(24)25/h5-12,18H,1-2,13H2,(H2,20,23)/t18-/m1/s1. The van der Waals surface area contributed by atoms with Crippen LogP contribution in [0.25, 0.3) is 0 Å². The van der Waals surface area contributed by atoms with Crippen molar-refractivity contribution in [3.05, 3.63) is 69.8 Å². The third-order valence-corrected chi connectivity index (χ3v) is 4.21. The van der Waals surface area contributed by atoms with E-state index < -0.39 is 4.92 Å². The Morgan fingerprint density at radius 1 is 1.08 bits per heavy atom. The van der Waals surface area contributed by atoms with Gasteiger partial charge in [0.05, 0.1) is 4.92 Å². The summed E-state index contributed by atoms with van der Waals surface area (Å²) in [7, 11) is 0. The molecule has 1 saturated heterocycles. The van der Waals surface area contributed by atoms with Crippen LogP contribution in [-0.2, 0) is 4.79 Å². The number of nitrogens with two attached hydrogens (primary N) is 1. The first kappa shape index (κ1) is 16.5. The van der Waals surface area contributed by atoms with Gasteiger partial charge in [-0.05, 0) is 49.2 Å². The number of nitro groups is 1. The summed E-state index contributed by atoms with van der Waals surface area (Å²) in [5, 5.41) is 10.6. The van der Waals surface area contributed by atoms with Gasteiger partial charge in [0.25, 0.3) is 5.69 Å². The highest BCUT2D eigenvalue weighted by atomic mass is 16.6. The van der Waals surface area contributed by atoms with Crippen molar-refractivity contribution in [3.63, 3.8) is 0 Å². The van der Waals surface area contributed by atoms with E-state index in [1.807, 2.05) is 29.2 Å². The Labute approximate surface area is 145 Å². The predicted molar refractivity (Wildman–Crippen MR) is 95.1 cm³/mol. The molecule has 1 amide bonds. The van der Waals surface area contributed by atoms with Crippen molar-refractivity contribution in [3.8, 4) is 11.8 Å². The number of nitrogens with zero attached hydrogens (tertiary/aromatic N) is 2. The van der Waals surface area contributed by atoms with E-state index in [1.54, 1.807) is 12.1 Å². The Balaban J connectivity index is 1.73. The first-order valence-corrected chi connectivity index (χ1v) is 7.97. The zero-order chi connectivity index (χ0) is 17.8. The number of carbonyl (C=O) groups excluding carboxylic acids is 1. The summed E-state index contributed by atoms with van der Waals surface area (Å²) >= 11 is 0. The highest BCUT2D eigenvalue weighted by Crippen LogP contribution is 2.25. The summed E-state index contributed by atoms with van der Waals surface area (Å²) in [5.41, 5.74) is 8.00. The summed E-state index contributed by atoms with van der Waals surface area (Å²) < 4.78 is 0. The third-order valence-electron chi connectivity index (χ3n) is 4.21. The van der Waals surface area contributed by atoms with Crippen LogP contribution in [-0.4, -0.2) is 23.4 Å². The molecule has 3 rings (SSSR count). The molecule has 25 heavy (non-hydrogen) atoms. The Morgan fingerprint density at radius 2 is 1.64 bits per heavy atom. The zero-order valence-corrected chi connectivity index (χ0v) is 13.5. The zero-order valence-electron chi connectivity index (χ0n) is 13.5. The number of primary amides is 1. The van der Waals surface area contributed by atoms with Crippen molar-refractivity contribution < 1.29 is 9.72 Å². The maximum Gasteiger partial charge on any atom is 0.269 e. The second kappa shape index (κ2) is 7.05. The molecule has 0 spiro atoms. The number of nitro benzene ring substituents is 1. The van der Waals surface area contributed by atoms with E-state index in [4.69, 9.17) is 5.73 Å². The molecule has 2 N–H and O–H groups in total. The molecule has 6 nitrogen and oxygen atoms in total. The predicted octanol–water partition coefficient (Wildman–Crippen LogP) is 2.45. The number of carbonyl (C=O) groups is 1. The molecule has 0 radical (unpaired) electrons.